The van der Waals surface area contributed by atoms with Crippen LogP contribution in [0.2, 0.25) is 20.1 Å². The quantitative estimate of drug-likeness (QED) is 0.383. The van der Waals surface area contributed by atoms with E-state index in [0.29, 0.717) is 5.56 Å². The summed E-state index contributed by atoms with van der Waals surface area (Å²) in [6, 6.07) is 8.53. The molecule has 0 bridgehead atoms. The first-order chi connectivity index (χ1) is 8.91. The van der Waals surface area contributed by atoms with Crippen molar-refractivity contribution in [2.45, 2.75) is 6.92 Å². The molecule has 0 aliphatic heterocycles. The van der Waals surface area contributed by atoms with Crippen LogP contribution >= 0.6 is 46.4 Å². The number of halogens is 4. The largest absolute Gasteiger partial charge is 0.288 e. The van der Waals surface area contributed by atoms with Gasteiger partial charge in [0.15, 0.2) is 5.78 Å². The van der Waals surface area contributed by atoms with Gasteiger partial charge in [-0.25, -0.2) is 0 Å². The second-order valence-electron chi connectivity index (χ2n) is 4.04. The van der Waals surface area contributed by atoms with Crippen molar-refractivity contribution in [3.05, 3.63) is 67.1 Å². The minimum absolute atomic E-state index is 0.0738. The summed E-state index contributed by atoms with van der Waals surface area (Å²) < 4.78 is 0. The summed E-state index contributed by atoms with van der Waals surface area (Å²) in [5.41, 5.74) is 1.72. The number of rotatable bonds is 2. The Labute approximate surface area is 131 Å². The molecule has 98 valence electrons. The molecule has 0 heterocycles. The van der Waals surface area contributed by atoms with Gasteiger partial charge in [0.2, 0.25) is 0 Å². The molecule has 5 heteroatoms. The van der Waals surface area contributed by atoms with Gasteiger partial charge in [0.25, 0.3) is 0 Å². The van der Waals surface area contributed by atoms with Gasteiger partial charge >= 0.3 is 0 Å². The molecule has 0 radical (unpaired) electrons. The lowest BCUT2D eigenvalue weighted by Gasteiger charge is -2.09. The molecule has 0 aliphatic rings. The van der Waals surface area contributed by atoms with Gasteiger partial charge in [0, 0.05) is 5.56 Å². The third-order valence-electron chi connectivity index (χ3n) is 2.65. The molecule has 0 N–H and O–H groups in total. The van der Waals surface area contributed by atoms with E-state index in [9.17, 15) is 4.79 Å². The second-order valence-corrected chi connectivity index (χ2v) is 5.61. The van der Waals surface area contributed by atoms with E-state index in [4.69, 9.17) is 46.4 Å². The van der Waals surface area contributed by atoms with E-state index >= 15 is 0 Å². The summed E-state index contributed by atoms with van der Waals surface area (Å²) in [7, 11) is 0. The van der Waals surface area contributed by atoms with Gasteiger partial charge in [-0.2, -0.15) is 0 Å². The molecular formula is C14H8Cl4O. The highest BCUT2D eigenvalue weighted by atomic mass is 35.5. The van der Waals surface area contributed by atoms with Crippen LogP contribution in [0.3, 0.4) is 0 Å². The molecule has 0 atom stereocenters. The van der Waals surface area contributed by atoms with Gasteiger partial charge in [-0.15, -0.1) is 0 Å². The summed E-state index contributed by atoms with van der Waals surface area (Å²) in [6.45, 7) is 1.94. The lowest BCUT2D eigenvalue weighted by atomic mass is 10.0. The Morgan fingerprint density at radius 2 is 1.47 bits per heavy atom. The van der Waals surface area contributed by atoms with Crippen molar-refractivity contribution in [3.8, 4) is 0 Å². The molecule has 2 rings (SSSR count). The molecule has 0 unspecified atom stereocenters. The third kappa shape index (κ3) is 2.90. The fraction of sp³-hybridized carbons (Fsp3) is 0.0714. The van der Waals surface area contributed by atoms with Crippen LogP contribution in [0.4, 0.5) is 0 Å². The van der Waals surface area contributed by atoms with E-state index < -0.39 is 0 Å². The Kier molecular flexibility index (Phi) is 4.42. The molecule has 0 fully saturated rings. The average Bonchev–Trinajstić information content (AvgIpc) is 2.37. The predicted octanol–water partition coefficient (Wildman–Crippen LogP) is 5.84. The van der Waals surface area contributed by atoms with Crippen LogP contribution in [0.15, 0.2) is 30.3 Å². The molecule has 0 spiro atoms. The number of carbonyl (C=O) groups is 1. The molecule has 0 aliphatic carbocycles. The second kappa shape index (κ2) is 5.72. The molecule has 0 aromatic heterocycles. The van der Waals surface area contributed by atoms with Crippen molar-refractivity contribution in [2.24, 2.45) is 0 Å². The molecule has 0 saturated carbocycles. The van der Waals surface area contributed by atoms with E-state index in [1.54, 1.807) is 12.1 Å². The Hall–Kier alpha value is -0.730. The van der Waals surface area contributed by atoms with E-state index in [2.05, 4.69) is 0 Å². The number of hydrogen-bond acceptors (Lipinski definition) is 1. The van der Waals surface area contributed by atoms with Gasteiger partial charge in [-0.3, -0.25) is 4.79 Å². The van der Waals surface area contributed by atoms with Crippen LogP contribution in [0.25, 0.3) is 0 Å². The molecule has 0 saturated heterocycles. The smallest absolute Gasteiger partial charge is 0.196 e. The topological polar surface area (TPSA) is 17.1 Å². The summed E-state index contributed by atoms with van der Waals surface area (Å²) in [6.07, 6.45) is 0. The standard InChI is InChI=1S/C14H8Cl4O/c1-7-2-4-8(5-3-7)14(19)11-9(15)6-10(16)12(17)13(11)18/h2-6H,1H3. The Balaban J connectivity index is 2.56. The first kappa shape index (κ1) is 14.7. The number of benzene rings is 2. The van der Waals surface area contributed by atoms with E-state index in [1.807, 2.05) is 19.1 Å². The fourth-order valence-corrected chi connectivity index (χ4v) is 2.71. The van der Waals surface area contributed by atoms with Gasteiger partial charge in [0.1, 0.15) is 0 Å². The van der Waals surface area contributed by atoms with Gasteiger partial charge in [-0.05, 0) is 13.0 Å². The molecule has 2 aromatic rings. The summed E-state index contributed by atoms with van der Waals surface area (Å²) in [5, 5.41) is 0.607. The van der Waals surface area contributed by atoms with Crippen molar-refractivity contribution in [3.63, 3.8) is 0 Å². The SMILES string of the molecule is Cc1ccc(C(=O)c2c(Cl)cc(Cl)c(Cl)c2Cl)cc1. The van der Waals surface area contributed by atoms with Crippen molar-refractivity contribution in [1.82, 2.24) is 0 Å². The Morgan fingerprint density at radius 3 is 2.05 bits per heavy atom. The Bertz CT molecular complexity index is 647. The number of ketones is 1. The van der Waals surface area contributed by atoms with Crippen molar-refractivity contribution in [1.29, 1.82) is 0 Å². The van der Waals surface area contributed by atoms with Crippen LogP contribution in [0.5, 0.6) is 0 Å². The highest BCUT2D eigenvalue weighted by molar-refractivity contribution is 6.51. The van der Waals surface area contributed by atoms with E-state index in [0.717, 1.165) is 5.56 Å². The summed E-state index contributed by atoms with van der Waals surface area (Å²) in [5.74, 6) is -0.284. The minimum atomic E-state index is -0.284. The first-order valence-electron chi connectivity index (χ1n) is 5.36. The zero-order valence-electron chi connectivity index (χ0n) is 9.81. The van der Waals surface area contributed by atoms with Crippen LogP contribution in [0.1, 0.15) is 21.5 Å². The normalized spacial score (nSPS) is 10.6. The van der Waals surface area contributed by atoms with Crippen LogP contribution < -0.4 is 0 Å². The Morgan fingerprint density at radius 1 is 0.895 bits per heavy atom. The maximum absolute atomic E-state index is 12.4. The zero-order valence-corrected chi connectivity index (χ0v) is 12.8. The summed E-state index contributed by atoms with van der Waals surface area (Å²) in [4.78, 5) is 12.4. The highest BCUT2D eigenvalue weighted by Gasteiger charge is 2.20. The predicted molar refractivity (Wildman–Crippen MR) is 81.1 cm³/mol. The van der Waals surface area contributed by atoms with Crippen molar-refractivity contribution in [2.75, 3.05) is 0 Å². The lowest BCUT2D eigenvalue weighted by molar-refractivity contribution is 0.103. The average molecular weight is 334 g/mol. The van der Waals surface area contributed by atoms with E-state index in [1.165, 1.54) is 6.07 Å². The van der Waals surface area contributed by atoms with Crippen LogP contribution in [-0.2, 0) is 0 Å². The summed E-state index contributed by atoms with van der Waals surface area (Å²) >= 11 is 23.9. The lowest BCUT2D eigenvalue weighted by Crippen LogP contribution is -2.04. The zero-order chi connectivity index (χ0) is 14.2. The molecule has 1 nitrogen and oxygen atoms in total. The van der Waals surface area contributed by atoms with Gasteiger partial charge in [0.05, 0.1) is 25.7 Å². The molecule has 2 aromatic carbocycles. The minimum Gasteiger partial charge on any atom is -0.288 e. The highest BCUT2D eigenvalue weighted by Crippen LogP contribution is 2.38. The maximum Gasteiger partial charge on any atom is 0.196 e. The molecular weight excluding hydrogens is 326 g/mol. The molecule has 19 heavy (non-hydrogen) atoms. The van der Waals surface area contributed by atoms with Crippen molar-refractivity contribution >= 4 is 52.2 Å². The third-order valence-corrected chi connectivity index (χ3v) is 4.22. The number of carbonyl (C=O) groups excluding carboxylic acids is 1. The number of aryl methyl sites for hydroxylation is 1. The molecule has 0 amide bonds. The monoisotopic (exact) mass is 332 g/mol. The van der Waals surface area contributed by atoms with Crippen LogP contribution in [0, 0.1) is 6.92 Å². The van der Waals surface area contributed by atoms with Crippen LogP contribution in [-0.4, -0.2) is 5.78 Å². The van der Waals surface area contributed by atoms with Gasteiger partial charge in [-0.1, -0.05) is 76.2 Å². The number of hydrogen-bond donors (Lipinski definition) is 0. The van der Waals surface area contributed by atoms with E-state index in [-0.39, 0.29) is 31.4 Å². The van der Waals surface area contributed by atoms with Crippen molar-refractivity contribution < 1.29 is 4.79 Å². The first-order valence-corrected chi connectivity index (χ1v) is 6.87. The fourth-order valence-electron chi connectivity index (χ4n) is 1.62. The van der Waals surface area contributed by atoms with Gasteiger partial charge < -0.3 is 0 Å². The maximum atomic E-state index is 12.4.